The van der Waals surface area contributed by atoms with Crippen molar-refractivity contribution >= 4 is 17.3 Å². The minimum absolute atomic E-state index is 0.0492. The highest BCUT2D eigenvalue weighted by Gasteiger charge is 2.19. The number of ether oxygens (including phenoxy) is 1. The van der Waals surface area contributed by atoms with Gasteiger partial charge in [-0.25, -0.2) is 0 Å². The Kier molecular flexibility index (Phi) is 6.74. The molecule has 0 saturated carbocycles. The molecule has 0 spiro atoms. The van der Waals surface area contributed by atoms with Gasteiger partial charge in [-0.1, -0.05) is 13.8 Å². The molecule has 6 heteroatoms. The smallest absolute Gasteiger partial charge is 0.252 e. The molecule has 1 saturated heterocycles. The SMILES string of the molecule is COc1ccc(N2CCN(c3cncc(C(=O)NCCC(C)C)c3)CC2)cc1. The Balaban J connectivity index is 1.57. The molecule has 0 radical (unpaired) electrons. The Hall–Kier alpha value is -2.76. The van der Waals surface area contributed by atoms with Crippen molar-refractivity contribution in [2.45, 2.75) is 20.3 Å². The molecule has 0 aliphatic carbocycles. The van der Waals surface area contributed by atoms with E-state index < -0.39 is 0 Å². The van der Waals surface area contributed by atoms with Crippen LogP contribution in [0.15, 0.2) is 42.7 Å². The number of hydrogen-bond acceptors (Lipinski definition) is 5. The molecule has 0 unspecified atom stereocenters. The molecule has 1 aliphatic rings. The van der Waals surface area contributed by atoms with Gasteiger partial charge in [-0.05, 0) is 42.7 Å². The van der Waals surface area contributed by atoms with Crippen molar-refractivity contribution in [1.82, 2.24) is 10.3 Å². The third-order valence-corrected chi connectivity index (χ3v) is 5.08. The first-order valence-electron chi connectivity index (χ1n) is 9.94. The minimum atomic E-state index is -0.0492. The molecule has 3 rings (SSSR count). The van der Waals surface area contributed by atoms with Crippen molar-refractivity contribution in [3.05, 3.63) is 48.3 Å². The highest BCUT2D eigenvalue weighted by Crippen LogP contribution is 2.23. The van der Waals surface area contributed by atoms with Crippen LogP contribution in [0.5, 0.6) is 5.75 Å². The maximum absolute atomic E-state index is 12.4. The lowest BCUT2D eigenvalue weighted by Gasteiger charge is -2.37. The lowest BCUT2D eigenvalue weighted by molar-refractivity contribution is 0.0951. The van der Waals surface area contributed by atoms with Gasteiger partial charge in [-0.2, -0.15) is 0 Å². The largest absolute Gasteiger partial charge is 0.497 e. The molecule has 1 N–H and O–H groups in total. The van der Waals surface area contributed by atoms with Crippen LogP contribution in [0.3, 0.4) is 0 Å². The van der Waals surface area contributed by atoms with Crippen molar-refractivity contribution in [3.8, 4) is 5.75 Å². The first-order valence-corrected chi connectivity index (χ1v) is 9.94. The zero-order chi connectivity index (χ0) is 19.9. The van der Waals surface area contributed by atoms with Crippen LogP contribution in [-0.4, -0.2) is 50.7 Å². The van der Waals surface area contributed by atoms with E-state index in [0.29, 0.717) is 18.0 Å². The molecule has 6 nitrogen and oxygen atoms in total. The fourth-order valence-corrected chi connectivity index (χ4v) is 3.32. The number of hydrogen-bond donors (Lipinski definition) is 1. The van der Waals surface area contributed by atoms with Gasteiger partial charge in [0.25, 0.3) is 5.91 Å². The normalized spacial score (nSPS) is 14.3. The first kappa shape index (κ1) is 20.0. The van der Waals surface area contributed by atoms with Crippen LogP contribution < -0.4 is 19.9 Å². The van der Waals surface area contributed by atoms with Crippen molar-refractivity contribution < 1.29 is 9.53 Å². The number of carbonyl (C=O) groups excluding carboxylic acids is 1. The fourth-order valence-electron chi connectivity index (χ4n) is 3.32. The zero-order valence-corrected chi connectivity index (χ0v) is 17.0. The Labute approximate surface area is 167 Å². The fraction of sp³-hybridized carbons (Fsp3) is 0.455. The predicted molar refractivity (Wildman–Crippen MR) is 113 cm³/mol. The third kappa shape index (κ3) is 5.15. The molecule has 1 amide bonds. The number of carbonyl (C=O) groups is 1. The number of nitrogens with one attached hydrogen (secondary N) is 1. The topological polar surface area (TPSA) is 57.7 Å². The van der Waals surface area contributed by atoms with E-state index in [4.69, 9.17) is 4.74 Å². The quantitative estimate of drug-likeness (QED) is 0.797. The second-order valence-corrected chi connectivity index (χ2v) is 7.54. The molecule has 1 aromatic heterocycles. The minimum Gasteiger partial charge on any atom is -0.497 e. The maximum Gasteiger partial charge on any atom is 0.252 e. The van der Waals surface area contributed by atoms with Gasteiger partial charge in [0.1, 0.15) is 5.75 Å². The van der Waals surface area contributed by atoms with E-state index in [0.717, 1.165) is 44.0 Å². The average molecular weight is 383 g/mol. The van der Waals surface area contributed by atoms with Crippen LogP contribution >= 0.6 is 0 Å². The van der Waals surface area contributed by atoms with Gasteiger partial charge in [-0.15, -0.1) is 0 Å². The van der Waals surface area contributed by atoms with E-state index in [1.165, 1.54) is 5.69 Å². The van der Waals surface area contributed by atoms with E-state index in [2.05, 4.69) is 46.1 Å². The molecule has 0 bridgehead atoms. The van der Waals surface area contributed by atoms with Crippen molar-refractivity contribution in [2.75, 3.05) is 49.6 Å². The van der Waals surface area contributed by atoms with Crippen LogP contribution in [-0.2, 0) is 0 Å². The molecular formula is C22H30N4O2. The molecule has 2 aromatic rings. The van der Waals surface area contributed by atoms with Crippen molar-refractivity contribution in [3.63, 3.8) is 0 Å². The van der Waals surface area contributed by atoms with Gasteiger partial charge in [0.05, 0.1) is 24.6 Å². The molecule has 0 atom stereocenters. The van der Waals surface area contributed by atoms with Crippen LogP contribution in [0.4, 0.5) is 11.4 Å². The standard InChI is InChI=1S/C22H30N4O2/c1-17(2)8-9-24-22(27)18-14-20(16-23-15-18)26-12-10-25(11-13-26)19-4-6-21(28-3)7-5-19/h4-7,14-17H,8-13H2,1-3H3,(H,24,27). The average Bonchev–Trinajstić information content (AvgIpc) is 2.74. The molecule has 28 heavy (non-hydrogen) atoms. The first-order chi connectivity index (χ1) is 13.6. The summed E-state index contributed by atoms with van der Waals surface area (Å²) in [4.78, 5) is 21.3. The Bertz CT molecular complexity index is 768. The van der Waals surface area contributed by atoms with Gasteiger partial charge in [0, 0.05) is 44.6 Å². The zero-order valence-electron chi connectivity index (χ0n) is 17.0. The number of nitrogens with zero attached hydrogens (tertiary/aromatic N) is 3. The number of benzene rings is 1. The van der Waals surface area contributed by atoms with Crippen LogP contribution in [0.25, 0.3) is 0 Å². The van der Waals surface area contributed by atoms with Crippen molar-refractivity contribution in [2.24, 2.45) is 5.92 Å². The summed E-state index contributed by atoms with van der Waals surface area (Å²) in [7, 11) is 1.68. The van der Waals surface area contributed by atoms with Crippen LogP contribution in [0.2, 0.25) is 0 Å². The van der Waals surface area contributed by atoms with Gasteiger partial charge >= 0.3 is 0 Å². The second-order valence-electron chi connectivity index (χ2n) is 7.54. The summed E-state index contributed by atoms with van der Waals surface area (Å²) < 4.78 is 5.23. The predicted octanol–water partition coefficient (Wildman–Crippen LogP) is 3.19. The second kappa shape index (κ2) is 9.44. The third-order valence-electron chi connectivity index (χ3n) is 5.08. The Morgan fingerprint density at radius 3 is 2.32 bits per heavy atom. The Morgan fingerprint density at radius 2 is 1.71 bits per heavy atom. The van der Waals surface area contributed by atoms with Gasteiger partial charge in [-0.3, -0.25) is 9.78 Å². The number of anilines is 2. The molecule has 1 aromatic carbocycles. The molecule has 1 fully saturated rings. The lowest BCUT2D eigenvalue weighted by Crippen LogP contribution is -2.46. The Morgan fingerprint density at radius 1 is 1.07 bits per heavy atom. The number of piperazine rings is 1. The van der Waals surface area contributed by atoms with E-state index in [1.54, 1.807) is 13.3 Å². The summed E-state index contributed by atoms with van der Waals surface area (Å²) in [6.07, 6.45) is 4.46. The number of aromatic nitrogens is 1. The van der Waals surface area contributed by atoms with Gasteiger partial charge in [0.15, 0.2) is 0 Å². The van der Waals surface area contributed by atoms with E-state index in [9.17, 15) is 4.79 Å². The summed E-state index contributed by atoms with van der Waals surface area (Å²) in [6.45, 7) is 8.65. The highest BCUT2D eigenvalue weighted by molar-refractivity contribution is 5.94. The summed E-state index contributed by atoms with van der Waals surface area (Å²) in [6, 6.07) is 10.1. The summed E-state index contributed by atoms with van der Waals surface area (Å²) in [5, 5.41) is 2.98. The number of pyridine rings is 1. The van der Waals surface area contributed by atoms with E-state index in [-0.39, 0.29) is 5.91 Å². The van der Waals surface area contributed by atoms with Crippen LogP contribution in [0.1, 0.15) is 30.6 Å². The monoisotopic (exact) mass is 382 g/mol. The maximum atomic E-state index is 12.4. The molecule has 150 valence electrons. The van der Waals surface area contributed by atoms with Crippen LogP contribution in [0, 0.1) is 5.92 Å². The summed E-state index contributed by atoms with van der Waals surface area (Å²) >= 11 is 0. The molecular weight excluding hydrogens is 352 g/mol. The number of methoxy groups -OCH3 is 1. The van der Waals surface area contributed by atoms with Crippen molar-refractivity contribution in [1.29, 1.82) is 0 Å². The summed E-state index contributed by atoms with van der Waals surface area (Å²) in [5.74, 6) is 1.40. The van der Waals surface area contributed by atoms with Gasteiger partial charge < -0.3 is 19.9 Å². The van der Waals surface area contributed by atoms with E-state index >= 15 is 0 Å². The van der Waals surface area contributed by atoms with E-state index in [1.807, 2.05) is 24.4 Å². The number of rotatable bonds is 7. The highest BCUT2D eigenvalue weighted by atomic mass is 16.5. The molecule has 1 aliphatic heterocycles. The molecule has 2 heterocycles. The lowest BCUT2D eigenvalue weighted by atomic mass is 10.1. The summed E-state index contributed by atoms with van der Waals surface area (Å²) in [5.41, 5.74) is 2.83. The van der Waals surface area contributed by atoms with Gasteiger partial charge in [0.2, 0.25) is 0 Å². The number of amides is 1.